The molecule has 1 N–H and O–H groups in total. The summed E-state index contributed by atoms with van der Waals surface area (Å²) in [6, 6.07) is 7.21. The minimum Gasteiger partial charge on any atom is -0.456 e. The fourth-order valence-electron chi connectivity index (χ4n) is 2.60. The summed E-state index contributed by atoms with van der Waals surface area (Å²) in [5.41, 5.74) is 1.64. The Bertz CT molecular complexity index is 659. The first-order chi connectivity index (χ1) is 10.8. The number of carbonyl (C=O) groups excluding carboxylic acids is 1. The lowest BCUT2D eigenvalue weighted by Crippen LogP contribution is -2.29. The third-order valence-electron chi connectivity index (χ3n) is 3.35. The van der Waals surface area contributed by atoms with Crippen LogP contribution >= 0.6 is 11.3 Å². The standard InChI is InChI=1S/C18H23NO3S/c1-12(2)9-18(3,4)22-17(21)14-7-5-13(6-8-14)16-19-15(10-20)11-23-16/h5-8,11-12,20H,9-10H2,1-4H3. The molecule has 4 nitrogen and oxygen atoms in total. The number of ether oxygens (including phenoxy) is 1. The Balaban J connectivity index is 2.08. The molecule has 0 unspecified atom stereocenters. The number of aromatic nitrogens is 1. The molecule has 5 heteroatoms. The quantitative estimate of drug-likeness (QED) is 0.801. The monoisotopic (exact) mass is 333 g/mol. The van der Waals surface area contributed by atoms with Crippen molar-refractivity contribution in [1.82, 2.24) is 4.98 Å². The van der Waals surface area contributed by atoms with Gasteiger partial charge in [0.15, 0.2) is 0 Å². The topological polar surface area (TPSA) is 59.4 Å². The molecule has 0 atom stereocenters. The average Bonchev–Trinajstić information content (AvgIpc) is 2.94. The van der Waals surface area contributed by atoms with Crippen LogP contribution in [0.1, 0.15) is 50.2 Å². The van der Waals surface area contributed by atoms with Crippen molar-refractivity contribution in [2.24, 2.45) is 5.92 Å². The minimum absolute atomic E-state index is 0.0636. The molecule has 1 heterocycles. The van der Waals surface area contributed by atoms with Gasteiger partial charge in [0, 0.05) is 10.9 Å². The number of benzene rings is 1. The molecule has 0 aliphatic rings. The van der Waals surface area contributed by atoms with Crippen molar-refractivity contribution >= 4 is 17.3 Å². The number of hydrogen-bond donors (Lipinski definition) is 1. The molecule has 0 radical (unpaired) electrons. The Labute approximate surface area is 141 Å². The normalized spacial score (nSPS) is 11.7. The van der Waals surface area contributed by atoms with E-state index in [1.165, 1.54) is 11.3 Å². The minimum atomic E-state index is -0.477. The van der Waals surface area contributed by atoms with E-state index in [9.17, 15) is 4.79 Å². The largest absolute Gasteiger partial charge is 0.456 e. The van der Waals surface area contributed by atoms with Crippen LogP contribution in [-0.4, -0.2) is 21.7 Å². The SMILES string of the molecule is CC(C)CC(C)(C)OC(=O)c1ccc(-c2nc(CO)cs2)cc1. The van der Waals surface area contributed by atoms with Crippen molar-refractivity contribution in [3.05, 3.63) is 40.9 Å². The molecule has 2 aromatic rings. The van der Waals surface area contributed by atoms with Crippen LogP contribution in [0.2, 0.25) is 0 Å². The Morgan fingerprint density at radius 1 is 1.30 bits per heavy atom. The fourth-order valence-corrected chi connectivity index (χ4v) is 3.41. The van der Waals surface area contributed by atoms with Gasteiger partial charge in [0.25, 0.3) is 0 Å². The molecule has 124 valence electrons. The second-order valence-corrected chi connectivity index (χ2v) is 7.48. The van der Waals surface area contributed by atoms with Crippen LogP contribution in [0.5, 0.6) is 0 Å². The van der Waals surface area contributed by atoms with Crippen LogP contribution in [0, 0.1) is 5.92 Å². The second-order valence-electron chi connectivity index (χ2n) is 6.63. The summed E-state index contributed by atoms with van der Waals surface area (Å²) in [6.45, 7) is 8.03. The van der Waals surface area contributed by atoms with Crippen molar-refractivity contribution in [2.75, 3.05) is 0 Å². The van der Waals surface area contributed by atoms with Crippen LogP contribution in [-0.2, 0) is 11.3 Å². The summed E-state index contributed by atoms with van der Waals surface area (Å²) in [4.78, 5) is 16.6. The Hall–Kier alpha value is -1.72. The molecular formula is C18H23NO3S. The number of esters is 1. The number of rotatable bonds is 6. The molecule has 0 bridgehead atoms. The highest BCUT2D eigenvalue weighted by atomic mass is 32.1. The van der Waals surface area contributed by atoms with E-state index in [1.54, 1.807) is 12.1 Å². The Morgan fingerprint density at radius 3 is 2.48 bits per heavy atom. The maximum atomic E-state index is 12.3. The number of aliphatic hydroxyl groups excluding tert-OH is 1. The van der Waals surface area contributed by atoms with E-state index in [0.717, 1.165) is 17.0 Å². The van der Waals surface area contributed by atoms with Gasteiger partial charge in [0.1, 0.15) is 10.6 Å². The zero-order valence-electron chi connectivity index (χ0n) is 14.0. The Morgan fingerprint density at radius 2 is 1.96 bits per heavy atom. The molecule has 0 aliphatic heterocycles. The van der Waals surface area contributed by atoms with Crippen LogP contribution < -0.4 is 0 Å². The van der Waals surface area contributed by atoms with Gasteiger partial charge >= 0.3 is 5.97 Å². The van der Waals surface area contributed by atoms with E-state index in [4.69, 9.17) is 9.84 Å². The fraction of sp³-hybridized carbons (Fsp3) is 0.444. The number of nitrogens with zero attached hydrogens (tertiary/aromatic N) is 1. The van der Waals surface area contributed by atoms with Gasteiger partial charge in [-0.1, -0.05) is 26.0 Å². The molecule has 0 saturated heterocycles. The van der Waals surface area contributed by atoms with Gasteiger partial charge < -0.3 is 9.84 Å². The van der Waals surface area contributed by atoms with Crippen molar-refractivity contribution in [1.29, 1.82) is 0 Å². The first-order valence-corrected chi connectivity index (χ1v) is 8.58. The smallest absolute Gasteiger partial charge is 0.338 e. The van der Waals surface area contributed by atoms with E-state index in [2.05, 4.69) is 18.8 Å². The number of thiazole rings is 1. The van der Waals surface area contributed by atoms with Crippen molar-refractivity contribution in [2.45, 2.75) is 46.3 Å². The van der Waals surface area contributed by atoms with Crippen molar-refractivity contribution < 1.29 is 14.6 Å². The summed E-state index contributed by atoms with van der Waals surface area (Å²) >= 11 is 1.47. The highest BCUT2D eigenvalue weighted by Gasteiger charge is 2.24. The van der Waals surface area contributed by atoms with Gasteiger partial charge in [-0.25, -0.2) is 9.78 Å². The van der Waals surface area contributed by atoms with Gasteiger partial charge in [0.2, 0.25) is 0 Å². The molecule has 0 fully saturated rings. The predicted octanol–water partition coefficient (Wildman–Crippen LogP) is 4.28. The highest BCUT2D eigenvalue weighted by Crippen LogP contribution is 2.25. The van der Waals surface area contributed by atoms with E-state index in [1.807, 2.05) is 31.4 Å². The summed E-state index contributed by atoms with van der Waals surface area (Å²) < 4.78 is 5.62. The third-order valence-corrected chi connectivity index (χ3v) is 4.29. The average molecular weight is 333 g/mol. The lowest BCUT2D eigenvalue weighted by molar-refractivity contribution is -0.00944. The molecule has 0 saturated carbocycles. The predicted molar refractivity (Wildman–Crippen MR) is 92.4 cm³/mol. The zero-order valence-corrected chi connectivity index (χ0v) is 14.8. The molecule has 2 rings (SSSR count). The molecular weight excluding hydrogens is 310 g/mol. The summed E-state index contributed by atoms with van der Waals surface area (Å²) in [7, 11) is 0. The van der Waals surface area contributed by atoms with Gasteiger partial charge in [-0.05, 0) is 38.3 Å². The molecule has 23 heavy (non-hydrogen) atoms. The summed E-state index contributed by atoms with van der Waals surface area (Å²) in [6.07, 6.45) is 0.819. The maximum absolute atomic E-state index is 12.3. The number of carbonyl (C=O) groups is 1. The van der Waals surface area contributed by atoms with E-state index in [-0.39, 0.29) is 12.6 Å². The van der Waals surface area contributed by atoms with Crippen molar-refractivity contribution in [3.63, 3.8) is 0 Å². The maximum Gasteiger partial charge on any atom is 0.338 e. The number of aliphatic hydroxyl groups is 1. The molecule has 1 aromatic carbocycles. The van der Waals surface area contributed by atoms with E-state index < -0.39 is 5.60 Å². The van der Waals surface area contributed by atoms with Crippen LogP contribution in [0.15, 0.2) is 29.6 Å². The van der Waals surface area contributed by atoms with E-state index >= 15 is 0 Å². The summed E-state index contributed by atoms with van der Waals surface area (Å²) in [5, 5.41) is 11.7. The highest BCUT2D eigenvalue weighted by molar-refractivity contribution is 7.13. The van der Waals surface area contributed by atoms with Gasteiger partial charge in [-0.15, -0.1) is 11.3 Å². The summed E-state index contributed by atoms with van der Waals surface area (Å²) in [5.74, 6) is 0.156. The Kier molecular flexibility index (Phi) is 5.55. The number of hydrogen-bond acceptors (Lipinski definition) is 5. The van der Waals surface area contributed by atoms with Crippen molar-refractivity contribution in [3.8, 4) is 10.6 Å². The van der Waals surface area contributed by atoms with Crippen LogP contribution in [0.25, 0.3) is 10.6 Å². The first kappa shape index (κ1) is 17.6. The molecule has 0 aliphatic carbocycles. The van der Waals surface area contributed by atoms with E-state index in [0.29, 0.717) is 17.2 Å². The molecule has 0 amide bonds. The lowest BCUT2D eigenvalue weighted by atomic mass is 9.96. The second kappa shape index (κ2) is 7.23. The van der Waals surface area contributed by atoms with Gasteiger partial charge in [-0.2, -0.15) is 0 Å². The third kappa shape index (κ3) is 4.88. The molecule has 0 spiro atoms. The zero-order chi connectivity index (χ0) is 17.0. The molecule has 1 aromatic heterocycles. The lowest BCUT2D eigenvalue weighted by Gasteiger charge is -2.27. The van der Waals surface area contributed by atoms with Gasteiger partial charge in [-0.3, -0.25) is 0 Å². The van der Waals surface area contributed by atoms with Crippen LogP contribution in [0.3, 0.4) is 0 Å². The van der Waals surface area contributed by atoms with Crippen LogP contribution in [0.4, 0.5) is 0 Å². The van der Waals surface area contributed by atoms with Gasteiger partial charge in [0.05, 0.1) is 17.9 Å². The first-order valence-electron chi connectivity index (χ1n) is 7.70.